The minimum atomic E-state index is -0.380. The molecule has 120 valence electrons. The zero-order chi connectivity index (χ0) is 16.9. The summed E-state index contributed by atoms with van der Waals surface area (Å²) in [7, 11) is 3.20. The molecule has 3 rings (SSSR count). The van der Waals surface area contributed by atoms with Crippen LogP contribution in [0.3, 0.4) is 0 Å². The molecule has 0 amide bonds. The zero-order valence-electron chi connectivity index (χ0n) is 13.5. The van der Waals surface area contributed by atoms with Gasteiger partial charge in [-0.05, 0) is 42.0 Å². The van der Waals surface area contributed by atoms with Crippen molar-refractivity contribution in [3.8, 4) is 28.7 Å². The predicted molar refractivity (Wildman–Crippen MR) is 93.2 cm³/mol. The lowest BCUT2D eigenvalue weighted by molar-refractivity contribution is 0.240. The maximum absolute atomic E-state index is 12.3. The fraction of sp³-hybridized carbons (Fsp3) is 0.150. The molecule has 0 bridgehead atoms. The van der Waals surface area contributed by atoms with Gasteiger partial charge in [0.05, 0.1) is 12.7 Å². The molecule has 0 aliphatic rings. The highest BCUT2D eigenvalue weighted by molar-refractivity contribution is 5.82. The number of hydrogen-bond acceptors (Lipinski definition) is 4. The molecule has 0 aliphatic heterocycles. The van der Waals surface area contributed by atoms with Crippen LogP contribution in [0.2, 0.25) is 0 Å². The van der Waals surface area contributed by atoms with Crippen molar-refractivity contribution < 1.29 is 13.9 Å². The third-order valence-electron chi connectivity index (χ3n) is 3.59. The average Bonchev–Trinajstić information content (AvgIpc) is 2.61. The largest absolute Gasteiger partial charge is 0.497 e. The second kappa shape index (κ2) is 7.03. The maximum atomic E-state index is 12.3. The van der Waals surface area contributed by atoms with Crippen LogP contribution in [-0.2, 0) is 4.74 Å². The van der Waals surface area contributed by atoms with Gasteiger partial charge in [0.1, 0.15) is 17.9 Å². The Morgan fingerprint density at radius 3 is 2.54 bits per heavy atom. The second-order valence-electron chi connectivity index (χ2n) is 5.16. The number of fused-ring (bicyclic) bond motifs is 1. The van der Waals surface area contributed by atoms with Crippen molar-refractivity contribution in [2.75, 3.05) is 20.8 Å². The lowest BCUT2D eigenvalue weighted by Crippen LogP contribution is -2.02. The van der Waals surface area contributed by atoms with Crippen LogP contribution in [0.1, 0.15) is 5.56 Å². The van der Waals surface area contributed by atoms with Crippen LogP contribution in [0.25, 0.3) is 22.1 Å². The topological polar surface area (TPSA) is 48.7 Å². The van der Waals surface area contributed by atoms with Crippen LogP contribution in [0.4, 0.5) is 0 Å². The zero-order valence-corrected chi connectivity index (χ0v) is 13.5. The molecule has 0 N–H and O–H groups in total. The Hall–Kier alpha value is -3.03. The van der Waals surface area contributed by atoms with Crippen LogP contribution >= 0.6 is 0 Å². The van der Waals surface area contributed by atoms with E-state index < -0.39 is 0 Å². The molecule has 0 saturated heterocycles. The van der Waals surface area contributed by atoms with Gasteiger partial charge in [0.25, 0.3) is 0 Å². The SMILES string of the molecule is COCC#Cc1ccc2cc(-c3ccc(OC)cc3)c(=O)oc2c1. The molecule has 1 heterocycles. The molecule has 0 spiro atoms. The lowest BCUT2D eigenvalue weighted by Gasteiger charge is -2.04. The second-order valence-corrected chi connectivity index (χ2v) is 5.16. The molecule has 3 aromatic rings. The number of benzene rings is 2. The first kappa shape index (κ1) is 15.9. The van der Waals surface area contributed by atoms with Crippen molar-refractivity contribution in [2.45, 2.75) is 0 Å². The summed E-state index contributed by atoms with van der Waals surface area (Å²) < 4.78 is 15.5. The molecule has 0 radical (unpaired) electrons. The number of hydrogen-bond donors (Lipinski definition) is 0. The molecule has 2 aromatic carbocycles. The lowest BCUT2D eigenvalue weighted by atomic mass is 10.1. The summed E-state index contributed by atoms with van der Waals surface area (Å²) in [4.78, 5) is 12.3. The van der Waals surface area contributed by atoms with E-state index in [1.54, 1.807) is 20.3 Å². The minimum Gasteiger partial charge on any atom is -0.497 e. The standard InChI is InChI=1S/C20H16O4/c1-22-11-3-4-14-5-6-16-13-18(20(21)24-19(16)12-14)15-7-9-17(23-2)10-8-15/h5-10,12-13H,11H2,1-2H3. The quantitative estimate of drug-likeness (QED) is 0.548. The van der Waals surface area contributed by atoms with Crippen LogP contribution in [-0.4, -0.2) is 20.8 Å². The predicted octanol–water partition coefficient (Wildman–Crippen LogP) is 3.47. The Morgan fingerprint density at radius 1 is 1.04 bits per heavy atom. The number of rotatable bonds is 3. The van der Waals surface area contributed by atoms with Crippen molar-refractivity contribution >= 4 is 11.0 Å². The molecule has 0 saturated carbocycles. The van der Waals surface area contributed by atoms with E-state index in [9.17, 15) is 4.79 Å². The highest BCUT2D eigenvalue weighted by Crippen LogP contribution is 2.23. The van der Waals surface area contributed by atoms with Gasteiger partial charge >= 0.3 is 5.63 Å². The summed E-state index contributed by atoms with van der Waals surface area (Å²) in [5.41, 5.74) is 2.22. The van der Waals surface area contributed by atoms with Crippen molar-refractivity contribution in [1.29, 1.82) is 0 Å². The summed E-state index contributed by atoms with van der Waals surface area (Å²) in [5, 5.41) is 0.845. The van der Waals surface area contributed by atoms with Gasteiger partial charge in [-0.1, -0.05) is 24.0 Å². The van der Waals surface area contributed by atoms with E-state index in [1.165, 1.54) is 0 Å². The van der Waals surface area contributed by atoms with E-state index in [2.05, 4.69) is 11.8 Å². The van der Waals surface area contributed by atoms with E-state index in [-0.39, 0.29) is 5.63 Å². The minimum absolute atomic E-state index is 0.360. The molecule has 0 aliphatic carbocycles. The van der Waals surface area contributed by atoms with Gasteiger partial charge < -0.3 is 13.9 Å². The van der Waals surface area contributed by atoms with Crippen molar-refractivity contribution in [1.82, 2.24) is 0 Å². The highest BCUT2D eigenvalue weighted by atomic mass is 16.5. The van der Waals surface area contributed by atoms with Gasteiger partial charge in [0.2, 0.25) is 0 Å². The van der Waals surface area contributed by atoms with Gasteiger partial charge in [-0.2, -0.15) is 0 Å². The Labute approximate surface area is 139 Å². The van der Waals surface area contributed by atoms with Gasteiger partial charge in [-0.3, -0.25) is 0 Å². The Morgan fingerprint density at radius 2 is 1.83 bits per heavy atom. The highest BCUT2D eigenvalue weighted by Gasteiger charge is 2.08. The first-order valence-corrected chi connectivity index (χ1v) is 7.41. The van der Waals surface area contributed by atoms with Gasteiger partial charge in [0, 0.05) is 18.1 Å². The van der Waals surface area contributed by atoms with Gasteiger partial charge in [-0.15, -0.1) is 0 Å². The summed E-state index contributed by atoms with van der Waals surface area (Å²) in [6.07, 6.45) is 0. The average molecular weight is 320 g/mol. The van der Waals surface area contributed by atoms with Crippen molar-refractivity contribution in [3.05, 3.63) is 64.5 Å². The molecule has 0 atom stereocenters. The van der Waals surface area contributed by atoms with Crippen LogP contribution in [0, 0.1) is 11.8 Å². The fourth-order valence-corrected chi connectivity index (χ4v) is 2.37. The molecule has 1 aromatic heterocycles. The van der Waals surface area contributed by atoms with Crippen LogP contribution < -0.4 is 10.4 Å². The fourth-order valence-electron chi connectivity index (χ4n) is 2.37. The maximum Gasteiger partial charge on any atom is 0.344 e. The van der Waals surface area contributed by atoms with Gasteiger partial charge in [0.15, 0.2) is 0 Å². The van der Waals surface area contributed by atoms with E-state index in [1.807, 2.05) is 42.5 Å². The first-order chi connectivity index (χ1) is 11.7. The van der Waals surface area contributed by atoms with Crippen molar-refractivity contribution in [3.63, 3.8) is 0 Å². The van der Waals surface area contributed by atoms with Crippen LogP contribution in [0.15, 0.2) is 57.7 Å². The molecular formula is C20H16O4. The van der Waals surface area contributed by atoms with Gasteiger partial charge in [-0.25, -0.2) is 4.79 Å². The number of methoxy groups -OCH3 is 2. The molecular weight excluding hydrogens is 304 g/mol. The Balaban J connectivity index is 2.02. The van der Waals surface area contributed by atoms with Crippen LogP contribution in [0.5, 0.6) is 5.75 Å². The smallest absolute Gasteiger partial charge is 0.344 e. The summed E-state index contributed by atoms with van der Waals surface area (Å²) >= 11 is 0. The molecule has 4 heteroatoms. The Bertz CT molecular complexity index is 972. The van der Waals surface area contributed by atoms with E-state index in [4.69, 9.17) is 13.9 Å². The summed E-state index contributed by atoms with van der Waals surface area (Å²) in [6, 6.07) is 14.7. The third kappa shape index (κ3) is 3.32. The molecule has 24 heavy (non-hydrogen) atoms. The molecule has 0 unspecified atom stereocenters. The summed E-state index contributed by atoms with van der Waals surface area (Å²) in [6.45, 7) is 0.360. The van der Waals surface area contributed by atoms with E-state index in [0.29, 0.717) is 17.8 Å². The summed E-state index contributed by atoms with van der Waals surface area (Å²) in [5.74, 6) is 6.58. The Kier molecular flexibility index (Phi) is 4.64. The molecule has 4 nitrogen and oxygen atoms in total. The van der Waals surface area contributed by atoms with Crippen molar-refractivity contribution in [2.24, 2.45) is 0 Å². The number of ether oxygens (including phenoxy) is 2. The third-order valence-corrected chi connectivity index (χ3v) is 3.59. The monoisotopic (exact) mass is 320 g/mol. The van der Waals surface area contributed by atoms with E-state index in [0.717, 1.165) is 22.3 Å². The first-order valence-electron chi connectivity index (χ1n) is 7.41. The molecule has 0 fully saturated rings. The van der Waals surface area contributed by atoms with E-state index >= 15 is 0 Å². The normalized spacial score (nSPS) is 10.2.